The fourth-order valence-electron chi connectivity index (χ4n) is 3.30. The topological polar surface area (TPSA) is 81.1 Å². The van der Waals surface area contributed by atoms with E-state index in [4.69, 9.17) is 4.98 Å². The number of benzene rings is 2. The summed E-state index contributed by atoms with van der Waals surface area (Å²) in [6, 6.07) is 18.5. The molecule has 6 nitrogen and oxygen atoms in total. The fourth-order valence-corrected chi connectivity index (χ4v) is 5.28. The lowest BCUT2D eigenvalue weighted by atomic mass is 10.1. The summed E-state index contributed by atoms with van der Waals surface area (Å²) < 4.78 is 1.55. The first-order chi connectivity index (χ1) is 16.0. The molecule has 1 amide bonds. The Labute approximate surface area is 199 Å². The molecule has 0 saturated heterocycles. The minimum Gasteiger partial charge on any atom is -0.326 e. The minimum atomic E-state index is -0.171. The maximum absolute atomic E-state index is 13.2. The van der Waals surface area contributed by atoms with Crippen molar-refractivity contribution in [3.63, 3.8) is 0 Å². The van der Waals surface area contributed by atoms with Gasteiger partial charge in [0.25, 0.3) is 5.56 Å². The maximum Gasteiger partial charge on any atom is 0.263 e. The number of nitrogens with zero attached hydrogens (tertiary/aromatic N) is 2. The van der Waals surface area contributed by atoms with E-state index in [0.29, 0.717) is 33.2 Å². The van der Waals surface area contributed by atoms with E-state index in [9.17, 15) is 14.4 Å². The molecule has 0 aliphatic rings. The van der Waals surface area contributed by atoms with Crippen LogP contribution in [0.2, 0.25) is 0 Å². The molecule has 0 fully saturated rings. The van der Waals surface area contributed by atoms with Crippen molar-refractivity contribution in [2.75, 3.05) is 11.1 Å². The van der Waals surface area contributed by atoms with Crippen molar-refractivity contribution in [1.29, 1.82) is 0 Å². The number of fused-ring (bicyclic) bond motifs is 1. The fraction of sp³-hybridized carbons (Fsp3) is 0.120. The van der Waals surface area contributed by atoms with Gasteiger partial charge in [-0.25, -0.2) is 4.98 Å². The second-order valence-corrected chi connectivity index (χ2v) is 9.24. The molecule has 4 aromatic rings. The molecule has 0 aliphatic heterocycles. The van der Waals surface area contributed by atoms with Gasteiger partial charge >= 0.3 is 0 Å². The van der Waals surface area contributed by atoms with Gasteiger partial charge in [-0.15, -0.1) is 17.9 Å². The first-order valence-electron chi connectivity index (χ1n) is 10.2. The summed E-state index contributed by atoms with van der Waals surface area (Å²) in [5.74, 6) is -0.133. The molecule has 0 unspecified atom stereocenters. The molecule has 166 valence electrons. The third-order valence-electron chi connectivity index (χ3n) is 4.85. The van der Waals surface area contributed by atoms with Crippen LogP contribution >= 0.6 is 23.1 Å². The lowest BCUT2D eigenvalue weighted by Crippen LogP contribution is -2.22. The Balaban J connectivity index is 1.60. The number of anilines is 1. The molecular weight excluding hydrogens is 454 g/mol. The number of aromatic nitrogens is 2. The predicted molar refractivity (Wildman–Crippen MR) is 135 cm³/mol. The Kier molecular flexibility index (Phi) is 6.86. The van der Waals surface area contributed by atoms with Crippen molar-refractivity contribution in [3.05, 3.63) is 89.2 Å². The Morgan fingerprint density at radius 3 is 2.55 bits per heavy atom. The van der Waals surface area contributed by atoms with Crippen LogP contribution in [0.15, 0.2) is 83.3 Å². The highest BCUT2D eigenvalue weighted by Gasteiger charge is 2.16. The lowest BCUT2D eigenvalue weighted by Gasteiger charge is -2.10. The van der Waals surface area contributed by atoms with Gasteiger partial charge in [0.15, 0.2) is 10.9 Å². The molecule has 33 heavy (non-hydrogen) atoms. The van der Waals surface area contributed by atoms with Crippen LogP contribution in [0.1, 0.15) is 17.3 Å². The summed E-state index contributed by atoms with van der Waals surface area (Å²) >= 11 is 2.69. The van der Waals surface area contributed by atoms with E-state index in [1.165, 1.54) is 30.0 Å². The number of carbonyl (C=O) groups is 2. The first-order valence-corrected chi connectivity index (χ1v) is 12.0. The maximum atomic E-state index is 13.2. The zero-order valence-electron chi connectivity index (χ0n) is 17.9. The van der Waals surface area contributed by atoms with Gasteiger partial charge in [-0.2, -0.15) is 0 Å². The third-order valence-corrected chi connectivity index (χ3v) is 6.90. The number of Topliss-reactive ketones (excluding diaryl/α,β-unsaturated/α-hetero) is 1. The number of nitrogens with one attached hydrogen (secondary N) is 1. The van der Waals surface area contributed by atoms with Crippen LogP contribution in [0.5, 0.6) is 0 Å². The van der Waals surface area contributed by atoms with Crippen molar-refractivity contribution in [2.24, 2.45) is 0 Å². The van der Waals surface area contributed by atoms with E-state index < -0.39 is 0 Å². The normalized spacial score (nSPS) is 10.8. The standard InChI is InChI=1S/C25H21N3O3S2/c1-3-13-28-24(31)20-14-22(18-7-5-4-6-8-18)33-23(20)27-25(28)32-15-21(30)17-9-11-19(12-10-17)26-16(2)29/h3-12,14H,1,13,15H2,2H3,(H,26,29). The Bertz CT molecular complexity index is 1390. The van der Waals surface area contributed by atoms with Crippen LogP contribution in [0, 0.1) is 0 Å². The number of hydrogen-bond donors (Lipinski definition) is 1. The average molecular weight is 476 g/mol. The highest BCUT2D eigenvalue weighted by molar-refractivity contribution is 7.99. The van der Waals surface area contributed by atoms with Gasteiger partial charge < -0.3 is 5.32 Å². The number of amides is 1. The zero-order valence-corrected chi connectivity index (χ0v) is 19.5. The molecular formula is C25H21N3O3S2. The van der Waals surface area contributed by atoms with Gasteiger partial charge in [-0.05, 0) is 35.9 Å². The molecule has 2 aromatic heterocycles. The van der Waals surface area contributed by atoms with E-state index in [1.54, 1.807) is 34.9 Å². The summed E-state index contributed by atoms with van der Waals surface area (Å²) in [6.07, 6.45) is 1.64. The molecule has 0 radical (unpaired) electrons. The second-order valence-electron chi connectivity index (χ2n) is 7.26. The molecule has 2 heterocycles. The van der Waals surface area contributed by atoms with E-state index in [-0.39, 0.29) is 23.0 Å². The van der Waals surface area contributed by atoms with Gasteiger partial charge in [-0.3, -0.25) is 19.0 Å². The molecule has 2 aromatic carbocycles. The number of carbonyl (C=O) groups excluding carboxylic acids is 2. The molecule has 4 rings (SSSR count). The van der Waals surface area contributed by atoms with E-state index in [2.05, 4.69) is 11.9 Å². The quantitative estimate of drug-likeness (QED) is 0.163. The molecule has 0 atom stereocenters. The monoisotopic (exact) mass is 475 g/mol. The van der Waals surface area contributed by atoms with Crippen LogP contribution in [-0.4, -0.2) is 27.0 Å². The Morgan fingerprint density at radius 1 is 1.15 bits per heavy atom. The van der Waals surface area contributed by atoms with Gasteiger partial charge in [0.2, 0.25) is 5.91 Å². The lowest BCUT2D eigenvalue weighted by molar-refractivity contribution is -0.114. The van der Waals surface area contributed by atoms with Crippen LogP contribution in [0.4, 0.5) is 5.69 Å². The van der Waals surface area contributed by atoms with Gasteiger partial charge in [0.05, 0.1) is 11.1 Å². The summed E-state index contributed by atoms with van der Waals surface area (Å²) in [6.45, 7) is 5.49. The first kappa shape index (κ1) is 22.7. The summed E-state index contributed by atoms with van der Waals surface area (Å²) in [5.41, 5.74) is 2.04. The summed E-state index contributed by atoms with van der Waals surface area (Å²) in [7, 11) is 0. The molecule has 0 bridgehead atoms. The Morgan fingerprint density at radius 2 is 1.88 bits per heavy atom. The predicted octanol–water partition coefficient (Wildman–Crippen LogP) is 5.24. The number of hydrogen-bond acceptors (Lipinski definition) is 6. The van der Waals surface area contributed by atoms with Gasteiger partial charge in [0, 0.05) is 29.6 Å². The number of thioether (sulfide) groups is 1. The van der Waals surface area contributed by atoms with Crippen molar-refractivity contribution in [2.45, 2.75) is 18.6 Å². The highest BCUT2D eigenvalue weighted by atomic mass is 32.2. The van der Waals surface area contributed by atoms with Crippen molar-refractivity contribution >= 4 is 50.7 Å². The summed E-state index contributed by atoms with van der Waals surface area (Å²) in [4.78, 5) is 43.4. The number of rotatable bonds is 8. The van der Waals surface area contributed by atoms with Gasteiger partial charge in [-0.1, -0.05) is 48.2 Å². The highest BCUT2D eigenvalue weighted by Crippen LogP contribution is 2.32. The Hall–Kier alpha value is -3.49. The van der Waals surface area contributed by atoms with Crippen LogP contribution in [0.3, 0.4) is 0 Å². The SMILES string of the molecule is C=CCn1c(SCC(=O)c2ccc(NC(C)=O)cc2)nc2sc(-c3ccccc3)cc2c1=O. The second kappa shape index (κ2) is 9.97. The van der Waals surface area contributed by atoms with E-state index in [0.717, 1.165) is 10.4 Å². The molecule has 0 aliphatic carbocycles. The zero-order chi connectivity index (χ0) is 23.4. The van der Waals surface area contributed by atoms with Gasteiger partial charge in [0.1, 0.15) is 4.83 Å². The third kappa shape index (κ3) is 5.13. The van der Waals surface area contributed by atoms with E-state index in [1.807, 2.05) is 36.4 Å². The minimum absolute atomic E-state index is 0.0926. The number of allylic oxidation sites excluding steroid dienone is 1. The van der Waals surface area contributed by atoms with Crippen LogP contribution in [0.25, 0.3) is 20.7 Å². The number of ketones is 1. The van der Waals surface area contributed by atoms with Crippen LogP contribution in [-0.2, 0) is 11.3 Å². The van der Waals surface area contributed by atoms with E-state index >= 15 is 0 Å². The van der Waals surface area contributed by atoms with Crippen LogP contribution < -0.4 is 10.9 Å². The van der Waals surface area contributed by atoms with Crippen molar-refractivity contribution in [1.82, 2.24) is 9.55 Å². The smallest absolute Gasteiger partial charge is 0.263 e. The number of thiophene rings is 1. The van der Waals surface area contributed by atoms with Crippen molar-refractivity contribution < 1.29 is 9.59 Å². The van der Waals surface area contributed by atoms with Crippen molar-refractivity contribution in [3.8, 4) is 10.4 Å². The summed E-state index contributed by atoms with van der Waals surface area (Å²) in [5, 5.41) is 3.72. The largest absolute Gasteiger partial charge is 0.326 e. The molecule has 1 N–H and O–H groups in total. The molecule has 0 saturated carbocycles. The molecule has 0 spiro atoms. The molecule has 8 heteroatoms. The average Bonchev–Trinajstić information content (AvgIpc) is 3.25.